The van der Waals surface area contributed by atoms with Crippen molar-refractivity contribution in [3.8, 4) is 0 Å². The average Bonchev–Trinajstić information content (AvgIpc) is 3.36. The van der Waals surface area contributed by atoms with E-state index in [0.717, 1.165) is 12.8 Å². The molecule has 0 bridgehead atoms. The highest BCUT2D eigenvalue weighted by Crippen LogP contribution is 2.40. The number of hydrogen-bond donors (Lipinski definition) is 0. The summed E-state index contributed by atoms with van der Waals surface area (Å²) in [6.45, 7) is 2.56. The number of rotatable bonds is 5. The minimum absolute atomic E-state index is 0.0596. The summed E-state index contributed by atoms with van der Waals surface area (Å²) in [5, 5.41) is 4.12. The topological polar surface area (TPSA) is 58.4 Å². The van der Waals surface area contributed by atoms with Gasteiger partial charge in [-0.3, -0.25) is 14.3 Å². The van der Waals surface area contributed by atoms with Crippen molar-refractivity contribution in [2.24, 2.45) is 5.41 Å². The molecule has 0 N–H and O–H groups in total. The Kier molecular flexibility index (Phi) is 5.15. The van der Waals surface area contributed by atoms with Crippen LogP contribution in [-0.4, -0.2) is 51.0 Å². The first-order valence-electron chi connectivity index (χ1n) is 9.85. The molecule has 0 radical (unpaired) electrons. The predicted molar refractivity (Wildman–Crippen MR) is 102 cm³/mol. The van der Waals surface area contributed by atoms with Crippen LogP contribution in [0.5, 0.6) is 0 Å². The molecule has 7 heteroatoms. The number of piperidine rings is 1. The van der Waals surface area contributed by atoms with Crippen LogP contribution in [0.3, 0.4) is 0 Å². The van der Waals surface area contributed by atoms with Crippen LogP contribution in [-0.2, 0) is 22.7 Å². The van der Waals surface area contributed by atoms with Gasteiger partial charge in [-0.1, -0.05) is 18.2 Å². The van der Waals surface area contributed by atoms with Crippen molar-refractivity contribution in [1.29, 1.82) is 0 Å². The molecule has 148 valence electrons. The van der Waals surface area contributed by atoms with Crippen LogP contribution in [0.25, 0.3) is 0 Å². The summed E-state index contributed by atoms with van der Waals surface area (Å²) in [5.41, 5.74) is 0.0308. The highest BCUT2D eigenvalue weighted by atomic mass is 19.1. The Labute approximate surface area is 163 Å². The maximum absolute atomic E-state index is 14.0. The zero-order chi connectivity index (χ0) is 19.6. The fourth-order valence-electron chi connectivity index (χ4n) is 4.40. The van der Waals surface area contributed by atoms with E-state index in [-0.39, 0.29) is 17.6 Å². The number of aryl methyl sites for hydroxylation is 1. The Hall–Kier alpha value is -2.70. The van der Waals surface area contributed by atoms with E-state index in [0.29, 0.717) is 51.1 Å². The van der Waals surface area contributed by atoms with Gasteiger partial charge >= 0.3 is 0 Å². The molecule has 2 amide bonds. The highest BCUT2D eigenvalue weighted by Gasteiger charge is 2.49. The Bertz CT molecular complexity index is 854. The summed E-state index contributed by atoms with van der Waals surface area (Å²) in [7, 11) is 0. The molecule has 3 heterocycles. The van der Waals surface area contributed by atoms with Crippen molar-refractivity contribution in [2.45, 2.75) is 38.8 Å². The fraction of sp³-hybridized carbons (Fsp3) is 0.476. The predicted octanol–water partition coefficient (Wildman–Crippen LogP) is 2.45. The van der Waals surface area contributed by atoms with Crippen molar-refractivity contribution in [1.82, 2.24) is 19.6 Å². The quantitative estimate of drug-likeness (QED) is 0.796. The monoisotopic (exact) mass is 384 g/mol. The molecule has 4 rings (SSSR count). The van der Waals surface area contributed by atoms with Gasteiger partial charge < -0.3 is 9.80 Å². The summed E-state index contributed by atoms with van der Waals surface area (Å²) in [4.78, 5) is 29.4. The first kappa shape index (κ1) is 18.7. The molecule has 1 spiro atoms. The first-order chi connectivity index (χ1) is 13.6. The second-order valence-electron chi connectivity index (χ2n) is 7.79. The Morgan fingerprint density at radius 3 is 2.82 bits per heavy atom. The van der Waals surface area contributed by atoms with Crippen LogP contribution < -0.4 is 0 Å². The number of nitrogens with zero attached hydrogens (tertiary/aromatic N) is 4. The number of hydrogen-bond acceptors (Lipinski definition) is 3. The van der Waals surface area contributed by atoms with Crippen LogP contribution in [0.1, 0.15) is 31.2 Å². The molecule has 0 aliphatic carbocycles. The van der Waals surface area contributed by atoms with Gasteiger partial charge in [-0.2, -0.15) is 5.10 Å². The molecular weight excluding hydrogens is 359 g/mol. The Morgan fingerprint density at radius 1 is 1.18 bits per heavy atom. The molecule has 2 aromatic rings. The smallest absolute Gasteiger partial charge is 0.230 e. The number of likely N-dealkylation sites (tertiary alicyclic amines) is 2. The van der Waals surface area contributed by atoms with Crippen molar-refractivity contribution in [2.75, 3.05) is 19.6 Å². The Morgan fingerprint density at radius 2 is 2.04 bits per heavy atom. The van der Waals surface area contributed by atoms with E-state index in [2.05, 4.69) is 5.10 Å². The minimum atomic E-state index is -0.509. The van der Waals surface area contributed by atoms with Gasteiger partial charge in [0.25, 0.3) is 0 Å². The molecule has 2 aliphatic heterocycles. The summed E-state index contributed by atoms with van der Waals surface area (Å²) in [5.74, 6) is -0.160. The third-order valence-corrected chi connectivity index (χ3v) is 5.96. The van der Waals surface area contributed by atoms with Gasteiger partial charge in [0.1, 0.15) is 5.82 Å². The van der Waals surface area contributed by atoms with Crippen molar-refractivity contribution >= 4 is 11.8 Å². The summed E-state index contributed by atoms with van der Waals surface area (Å²) in [6, 6.07) is 8.43. The van der Waals surface area contributed by atoms with Gasteiger partial charge in [0, 0.05) is 57.1 Å². The van der Waals surface area contributed by atoms with Gasteiger partial charge in [-0.25, -0.2) is 4.39 Å². The van der Waals surface area contributed by atoms with Gasteiger partial charge in [0.2, 0.25) is 11.8 Å². The standard InChI is InChI=1S/C21H25FN4O2/c22-18-6-2-1-5-17(18)15-24-11-3-8-21(20(24)28)9-14-25(16-21)19(27)7-13-26-12-4-10-23-26/h1-2,4-6,10,12H,3,7-9,11,13-16H2. The SMILES string of the molecule is O=C(CCn1cccn1)N1CCC2(CCCN(Cc3ccccc3F)C2=O)C1. The first-order valence-corrected chi connectivity index (χ1v) is 9.85. The lowest BCUT2D eigenvalue weighted by atomic mass is 9.78. The normalized spacial score (nSPS) is 22.2. The summed E-state index contributed by atoms with van der Waals surface area (Å²) < 4.78 is 15.8. The second kappa shape index (κ2) is 7.73. The molecule has 0 saturated carbocycles. The van der Waals surface area contributed by atoms with Gasteiger partial charge in [0.05, 0.1) is 5.41 Å². The third kappa shape index (κ3) is 3.66. The molecule has 1 aromatic heterocycles. The van der Waals surface area contributed by atoms with E-state index in [1.165, 1.54) is 6.07 Å². The van der Waals surface area contributed by atoms with Crippen LogP contribution in [0.15, 0.2) is 42.7 Å². The fourth-order valence-corrected chi connectivity index (χ4v) is 4.40. The van der Waals surface area contributed by atoms with Gasteiger partial charge in [0.15, 0.2) is 0 Å². The number of amides is 2. The van der Waals surface area contributed by atoms with E-state index in [9.17, 15) is 14.0 Å². The molecule has 2 fully saturated rings. The highest BCUT2D eigenvalue weighted by molar-refractivity contribution is 5.86. The maximum atomic E-state index is 14.0. The lowest BCUT2D eigenvalue weighted by Gasteiger charge is -2.39. The van der Waals surface area contributed by atoms with Crippen molar-refractivity contribution in [3.05, 3.63) is 54.1 Å². The number of aromatic nitrogens is 2. The van der Waals surface area contributed by atoms with Crippen LogP contribution in [0.2, 0.25) is 0 Å². The number of carbonyl (C=O) groups excluding carboxylic acids is 2. The van der Waals surface area contributed by atoms with Crippen LogP contribution >= 0.6 is 0 Å². The van der Waals surface area contributed by atoms with E-state index < -0.39 is 5.41 Å². The molecule has 28 heavy (non-hydrogen) atoms. The average molecular weight is 384 g/mol. The lowest BCUT2D eigenvalue weighted by Crippen LogP contribution is -2.50. The van der Waals surface area contributed by atoms with Crippen LogP contribution in [0.4, 0.5) is 4.39 Å². The zero-order valence-electron chi connectivity index (χ0n) is 15.9. The summed E-state index contributed by atoms with van der Waals surface area (Å²) in [6.07, 6.45) is 6.28. The van der Waals surface area contributed by atoms with Crippen LogP contribution in [0, 0.1) is 11.2 Å². The van der Waals surface area contributed by atoms with E-state index >= 15 is 0 Å². The molecule has 2 saturated heterocycles. The molecule has 6 nitrogen and oxygen atoms in total. The number of carbonyl (C=O) groups is 2. The Balaban J connectivity index is 1.39. The molecule has 1 atom stereocenters. The molecular formula is C21H25FN4O2. The van der Waals surface area contributed by atoms with Gasteiger partial charge in [-0.15, -0.1) is 0 Å². The van der Waals surface area contributed by atoms with E-state index in [4.69, 9.17) is 0 Å². The zero-order valence-corrected chi connectivity index (χ0v) is 15.9. The largest absolute Gasteiger partial charge is 0.342 e. The lowest BCUT2D eigenvalue weighted by molar-refractivity contribution is -0.146. The number of halogens is 1. The molecule has 1 unspecified atom stereocenters. The molecule has 1 aromatic carbocycles. The summed E-state index contributed by atoms with van der Waals surface area (Å²) >= 11 is 0. The van der Waals surface area contributed by atoms with E-state index in [1.807, 2.05) is 17.2 Å². The van der Waals surface area contributed by atoms with Crippen molar-refractivity contribution < 1.29 is 14.0 Å². The second-order valence-corrected chi connectivity index (χ2v) is 7.79. The van der Waals surface area contributed by atoms with E-state index in [1.54, 1.807) is 34.0 Å². The molecule has 2 aliphatic rings. The van der Waals surface area contributed by atoms with Gasteiger partial charge in [-0.05, 0) is 31.4 Å². The number of benzene rings is 1. The minimum Gasteiger partial charge on any atom is -0.342 e. The maximum Gasteiger partial charge on any atom is 0.230 e. The van der Waals surface area contributed by atoms with Crippen molar-refractivity contribution in [3.63, 3.8) is 0 Å². The third-order valence-electron chi connectivity index (χ3n) is 5.96.